The highest BCUT2D eigenvalue weighted by Crippen LogP contribution is 2.29. The largest absolute Gasteiger partial charge is 0.444 e. The average molecular weight is 446 g/mol. The number of hydrogen-bond donors (Lipinski definition) is 2. The van der Waals surface area contributed by atoms with E-state index in [1.54, 1.807) is 33.8 Å². The number of nitrogens with zero attached hydrogens (tertiary/aromatic N) is 1. The first-order valence-corrected chi connectivity index (χ1v) is 10.9. The highest BCUT2D eigenvalue weighted by molar-refractivity contribution is 5.92. The van der Waals surface area contributed by atoms with E-state index in [-0.39, 0.29) is 12.5 Å². The van der Waals surface area contributed by atoms with Crippen LogP contribution in [0, 0.1) is 13.8 Å². The molecule has 0 heterocycles. The smallest absolute Gasteiger partial charge is 0.408 e. The second-order valence-electron chi connectivity index (χ2n) is 10.1. The van der Waals surface area contributed by atoms with E-state index in [4.69, 9.17) is 4.74 Å². The van der Waals surface area contributed by atoms with Crippen LogP contribution >= 0.6 is 0 Å². The third-order valence-corrected chi connectivity index (χ3v) is 4.59. The van der Waals surface area contributed by atoms with Gasteiger partial charge in [-0.1, -0.05) is 24.3 Å². The van der Waals surface area contributed by atoms with Gasteiger partial charge >= 0.3 is 6.09 Å². The molecule has 2 unspecified atom stereocenters. The van der Waals surface area contributed by atoms with Crippen LogP contribution in [0.25, 0.3) is 0 Å². The molecule has 178 valence electrons. The van der Waals surface area contributed by atoms with Gasteiger partial charge in [-0.2, -0.15) is 0 Å². The fourth-order valence-electron chi connectivity index (χ4n) is 3.38. The van der Waals surface area contributed by atoms with Crippen molar-refractivity contribution >= 4 is 17.9 Å². The van der Waals surface area contributed by atoms with E-state index in [9.17, 15) is 14.4 Å². The van der Waals surface area contributed by atoms with Crippen LogP contribution in [0.5, 0.6) is 0 Å². The number of benzene rings is 1. The van der Waals surface area contributed by atoms with Gasteiger partial charge < -0.3 is 20.3 Å². The maximum absolute atomic E-state index is 13.5. The molecule has 7 nitrogen and oxygen atoms in total. The van der Waals surface area contributed by atoms with Gasteiger partial charge in [0, 0.05) is 12.1 Å². The normalized spacial score (nSPS) is 13.5. The molecule has 0 saturated carbocycles. The minimum Gasteiger partial charge on any atom is -0.444 e. The number of amides is 3. The minimum absolute atomic E-state index is 0.134. The summed E-state index contributed by atoms with van der Waals surface area (Å²) in [5.74, 6) is -0.706. The zero-order valence-corrected chi connectivity index (χ0v) is 21.0. The molecule has 3 amide bonds. The summed E-state index contributed by atoms with van der Waals surface area (Å²) in [6.45, 7) is 20.2. The minimum atomic E-state index is -0.904. The molecule has 0 saturated heterocycles. The van der Waals surface area contributed by atoms with Crippen molar-refractivity contribution in [3.8, 4) is 0 Å². The third-order valence-electron chi connectivity index (χ3n) is 4.59. The van der Waals surface area contributed by atoms with Crippen molar-refractivity contribution in [2.24, 2.45) is 0 Å². The van der Waals surface area contributed by atoms with Gasteiger partial charge in [0.05, 0.1) is 0 Å². The lowest BCUT2D eigenvalue weighted by atomic mass is 9.93. The average Bonchev–Trinajstić information content (AvgIpc) is 2.59. The molecule has 0 fully saturated rings. The van der Waals surface area contributed by atoms with Gasteiger partial charge in [0.2, 0.25) is 11.8 Å². The van der Waals surface area contributed by atoms with E-state index in [1.807, 2.05) is 52.8 Å². The molecule has 2 atom stereocenters. The Kier molecular flexibility index (Phi) is 9.06. The van der Waals surface area contributed by atoms with Gasteiger partial charge in [-0.05, 0) is 79.0 Å². The Bertz CT molecular complexity index is 829. The van der Waals surface area contributed by atoms with E-state index < -0.39 is 35.2 Å². The Morgan fingerprint density at radius 1 is 1.09 bits per heavy atom. The standard InChI is InChI=1S/C25H39N3O4/c1-11-15-28(22(30)18(4)26-23(31)32-25(8,9)10)20(21(29)27-24(5,6)7)19-16(2)13-12-14-17(19)3/h11-14,18,20H,1,15H2,2-10H3,(H,26,31)(H,27,29). The molecular formula is C25H39N3O4. The highest BCUT2D eigenvalue weighted by Gasteiger charge is 2.36. The lowest BCUT2D eigenvalue weighted by Gasteiger charge is -2.36. The van der Waals surface area contributed by atoms with Crippen LogP contribution in [0.3, 0.4) is 0 Å². The zero-order valence-electron chi connectivity index (χ0n) is 21.0. The number of aryl methyl sites for hydroxylation is 2. The third kappa shape index (κ3) is 8.02. The second-order valence-corrected chi connectivity index (χ2v) is 10.1. The Balaban J connectivity index is 3.41. The molecule has 2 N–H and O–H groups in total. The van der Waals surface area contributed by atoms with E-state index in [1.165, 1.54) is 4.90 Å². The molecule has 0 radical (unpaired) electrons. The van der Waals surface area contributed by atoms with Gasteiger partial charge in [-0.25, -0.2) is 4.79 Å². The van der Waals surface area contributed by atoms with Crippen LogP contribution in [-0.4, -0.2) is 46.5 Å². The summed E-state index contributed by atoms with van der Waals surface area (Å²) >= 11 is 0. The van der Waals surface area contributed by atoms with Crippen molar-refractivity contribution in [1.82, 2.24) is 15.5 Å². The van der Waals surface area contributed by atoms with Crippen LogP contribution in [0.4, 0.5) is 4.79 Å². The summed E-state index contributed by atoms with van der Waals surface area (Å²) in [5.41, 5.74) is 1.37. The van der Waals surface area contributed by atoms with Crippen LogP contribution in [-0.2, 0) is 14.3 Å². The van der Waals surface area contributed by atoms with E-state index in [0.717, 1.165) is 16.7 Å². The maximum Gasteiger partial charge on any atom is 0.408 e. The van der Waals surface area contributed by atoms with Crippen molar-refractivity contribution in [3.05, 3.63) is 47.5 Å². The predicted octanol–water partition coefficient (Wildman–Crippen LogP) is 4.19. The summed E-state index contributed by atoms with van der Waals surface area (Å²) in [4.78, 5) is 40.6. The highest BCUT2D eigenvalue weighted by atomic mass is 16.6. The van der Waals surface area contributed by atoms with Crippen LogP contribution < -0.4 is 10.6 Å². The lowest BCUT2D eigenvalue weighted by molar-refractivity contribution is -0.142. The molecule has 0 aliphatic heterocycles. The second kappa shape index (κ2) is 10.7. The van der Waals surface area contributed by atoms with Crippen LogP contribution in [0.2, 0.25) is 0 Å². The molecule has 1 rings (SSSR count). The lowest BCUT2D eigenvalue weighted by Crippen LogP contribution is -2.54. The van der Waals surface area contributed by atoms with E-state index >= 15 is 0 Å². The number of rotatable bonds is 7. The van der Waals surface area contributed by atoms with Gasteiger partial charge in [-0.3, -0.25) is 9.59 Å². The maximum atomic E-state index is 13.5. The number of nitrogens with one attached hydrogen (secondary N) is 2. The summed E-state index contributed by atoms with van der Waals surface area (Å²) in [6, 6.07) is 3.96. The summed E-state index contributed by atoms with van der Waals surface area (Å²) in [6.07, 6.45) is 0.878. The number of carbonyl (C=O) groups excluding carboxylic acids is 3. The first-order valence-electron chi connectivity index (χ1n) is 10.9. The number of alkyl carbamates (subject to hydrolysis) is 1. The SMILES string of the molecule is C=CCN(C(=O)C(C)NC(=O)OC(C)(C)C)C(C(=O)NC(C)(C)C)c1c(C)cccc1C. The number of hydrogen-bond acceptors (Lipinski definition) is 4. The summed E-state index contributed by atoms with van der Waals surface area (Å²) in [5, 5.41) is 5.58. The molecule has 0 bridgehead atoms. The van der Waals surface area contributed by atoms with Crippen molar-refractivity contribution in [3.63, 3.8) is 0 Å². The van der Waals surface area contributed by atoms with Gasteiger partial charge in [-0.15, -0.1) is 6.58 Å². The van der Waals surface area contributed by atoms with E-state index in [0.29, 0.717) is 0 Å². The fraction of sp³-hybridized carbons (Fsp3) is 0.560. The summed E-state index contributed by atoms with van der Waals surface area (Å²) < 4.78 is 5.27. The Labute approximate surface area is 192 Å². The Morgan fingerprint density at radius 2 is 1.62 bits per heavy atom. The molecule has 32 heavy (non-hydrogen) atoms. The first kappa shape index (κ1) is 27.2. The van der Waals surface area contributed by atoms with Gasteiger partial charge in [0.1, 0.15) is 17.7 Å². The van der Waals surface area contributed by atoms with Crippen LogP contribution in [0.15, 0.2) is 30.9 Å². The van der Waals surface area contributed by atoms with Crippen LogP contribution in [0.1, 0.15) is 71.2 Å². The molecule has 1 aromatic carbocycles. The Morgan fingerprint density at radius 3 is 2.06 bits per heavy atom. The molecule has 0 aliphatic carbocycles. The molecule has 0 aromatic heterocycles. The van der Waals surface area contributed by atoms with Crippen molar-refractivity contribution < 1.29 is 19.1 Å². The van der Waals surface area contributed by atoms with Gasteiger partial charge in [0.25, 0.3) is 0 Å². The zero-order chi connectivity index (χ0) is 24.9. The monoisotopic (exact) mass is 445 g/mol. The quantitative estimate of drug-likeness (QED) is 0.616. The number of carbonyl (C=O) groups is 3. The first-order chi connectivity index (χ1) is 14.6. The van der Waals surface area contributed by atoms with Crippen molar-refractivity contribution in [2.45, 2.75) is 85.5 Å². The molecule has 7 heteroatoms. The molecule has 1 aromatic rings. The van der Waals surface area contributed by atoms with Crippen molar-refractivity contribution in [2.75, 3.05) is 6.54 Å². The Hall–Kier alpha value is -2.83. The topological polar surface area (TPSA) is 87.7 Å². The predicted molar refractivity (Wildman–Crippen MR) is 127 cm³/mol. The molecular weight excluding hydrogens is 406 g/mol. The summed E-state index contributed by atoms with van der Waals surface area (Å²) in [7, 11) is 0. The van der Waals surface area contributed by atoms with E-state index in [2.05, 4.69) is 17.2 Å². The molecule has 0 spiro atoms. The number of ether oxygens (including phenoxy) is 1. The fourth-order valence-corrected chi connectivity index (χ4v) is 3.38. The van der Waals surface area contributed by atoms with Gasteiger partial charge in [0.15, 0.2) is 0 Å². The van der Waals surface area contributed by atoms with Crippen molar-refractivity contribution in [1.29, 1.82) is 0 Å². The molecule has 0 aliphatic rings.